The fourth-order valence-corrected chi connectivity index (χ4v) is 4.23. The second kappa shape index (κ2) is 12.1. The molecule has 2 N–H and O–H groups in total. The number of anilines is 2. The Balaban J connectivity index is 1.32. The summed E-state index contributed by atoms with van der Waals surface area (Å²) in [5.41, 5.74) is 7.77. The standard InChI is InChI=1S/C27H27Cl2N3O5/c1-3-36-21-8-6-20(7-9-21)32-15-18(13-26(32)33)27(34)31-30-19-5-11-24(25(14-19)35-2)37-16-17-4-10-22(28)23(29)12-17/h4-12,14,18,30H,3,13,15-16H2,1-2H3,(H,31,34)/t18-/m0/s1. The van der Waals surface area contributed by atoms with E-state index in [-0.39, 0.29) is 24.8 Å². The predicted molar refractivity (Wildman–Crippen MR) is 144 cm³/mol. The molecule has 1 aliphatic heterocycles. The normalized spacial score (nSPS) is 14.9. The first-order valence-electron chi connectivity index (χ1n) is 11.7. The van der Waals surface area contributed by atoms with E-state index < -0.39 is 5.92 Å². The summed E-state index contributed by atoms with van der Waals surface area (Å²) in [6, 6.07) is 17.7. The van der Waals surface area contributed by atoms with Gasteiger partial charge in [0.05, 0.1) is 35.4 Å². The molecular formula is C27H27Cl2N3O5. The number of ether oxygens (including phenoxy) is 3. The highest BCUT2D eigenvalue weighted by Gasteiger charge is 2.35. The van der Waals surface area contributed by atoms with Crippen molar-refractivity contribution in [3.05, 3.63) is 76.3 Å². The molecule has 0 radical (unpaired) electrons. The number of benzene rings is 3. The lowest BCUT2D eigenvalue weighted by Crippen LogP contribution is -2.36. The SMILES string of the molecule is CCOc1ccc(N2C[C@@H](C(=O)NNc3ccc(OCc4ccc(Cl)c(Cl)c4)c(OC)c3)CC2=O)cc1. The summed E-state index contributed by atoms with van der Waals surface area (Å²) >= 11 is 12.0. The van der Waals surface area contributed by atoms with E-state index in [0.29, 0.717) is 40.4 Å². The van der Waals surface area contributed by atoms with E-state index in [9.17, 15) is 9.59 Å². The summed E-state index contributed by atoms with van der Waals surface area (Å²) in [4.78, 5) is 26.9. The number of hydrogen-bond donors (Lipinski definition) is 2. The Hall–Kier alpha value is -3.62. The van der Waals surface area contributed by atoms with Crippen LogP contribution in [0, 0.1) is 5.92 Å². The van der Waals surface area contributed by atoms with Gasteiger partial charge in [-0.2, -0.15) is 0 Å². The summed E-state index contributed by atoms with van der Waals surface area (Å²) in [5.74, 6) is 0.880. The van der Waals surface area contributed by atoms with Crippen molar-refractivity contribution in [2.24, 2.45) is 5.92 Å². The number of hydrogen-bond acceptors (Lipinski definition) is 6. The third kappa shape index (κ3) is 6.58. The van der Waals surface area contributed by atoms with Gasteiger partial charge in [0.2, 0.25) is 11.8 Å². The molecule has 0 spiro atoms. The maximum Gasteiger partial charge on any atom is 0.243 e. The molecule has 0 bridgehead atoms. The molecule has 8 nitrogen and oxygen atoms in total. The van der Waals surface area contributed by atoms with Crippen molar-refractivity contribution in [1.29, 1.82) is 0 Å². The number of carbonyl (C=O) groups excluding carboxylic acids is 2. The van der Waals surface area contributed by atoms with Crippen LogP contribution in [-0.2, 0) is 16.2 Å². The van der Waals surface area contributed by atoms with E-state index in [1.165, 1.54) is 7.11 Å². The second-order valence-corrected chi connectivity index (χ2v) is 9.16. The van der Waals surface area contributed by atoms with Crippen LogP contribution in [0.3, 0.4) is 0 Å². The van der Waals surface area contributed by atoms with Gasteiger partial charge >= 0.3 is 0 Å². The van der Waals surface area contributed by atoms with Crippen LogP contribution in [0.25, 0.3) is 0 Å². The molecule has 1 saturated heterocycles. The van der Waals surface area contributed by atoms with E-state index in [1.807, 2.05) is 37.3 Å². The first-order valence-corrected chi connectivity index (χ1v) is 12.5. The topological polar surface area (TPSA) is 89.1 Å². The van der Waals surface area contributed by atoms with Gasteiger partial charge in [0, 0.05) is 24.7 Å². The van der Waals surface area contributed by atoms with E-state index >= 15 is 0 Å². The van der Waals surface area contributed by atoms with Crippen LogP contribution >= 0.6 is 23.2 Å². The van der Waals surface area contributed by atoms with Crippen molar-refractivity contribution in [1.82, 2.24) is 5.43 Å². The first-order chi connectivity index (χ1) is 17.9. The number of halogens is 2. The third-order valence-electron chi connectivity index (χ3n) is 5.83. The summed E-state index contributed by atoms with van der Waals surface area (Å²) in [6.45, 7) is 3.05. The molecule has 1 atom stereocenters. The molecule has 2 amide bonds. The van der Waals surface area contributed by atoms with Crippen LogP contribution < -0.4 is 30.0 Å². The highest BCUT2D eigenvalue weighted by Crippen LogP contribution is 2.32. The Morgan fingerprint density at radius 3 is 2.49 bits per heavy atom. The Morgan fingerprint density at radius 2 is 1.78 bits per heavy atom. The predicted octanol–water partition coefficient (Wildman–Crippen LogP) is 5.48. The van der Waals surface area contributed by atoms with Gasteiger partial charge in [-0.3, -0.25) is 20.4 Å². The van der Waals surface area contributed by atoms with Gasteiger partial charge in [-0.25, -0.2) is 0 Å². The Bertz CT molecular complexity index is 1270. The second-order valence-electron chi connectivity index (χ2n) is 8.35. The summed E-state index contributed by atoms with van der Waals surface area (Å²) in [5, 5.41) is 0.933. The Morgan fingerprint density at radius 1 is 1.00 bits per heavy atom. The largest absolute Gasteiger partial charge is 0.494 e. The number of carbonyl (C=O) groups is 2. The summed E-state index contributed by atoms with van der Waals surface area (Å²) < 4.78 is 16.8. The highest BCUT2D eigenvalue weighted by molar-refractivity contribution is 6.42. The number of amides is 2. The van der Waals surface area contributed by atoms with Crippen molar-refractivity contribution in [2.45, 2.75) is 20.0 Å². The molecule has 1 fully saturated rings. The van der Waals surface area contributed by atoms with Crippen LogP contribution in [0.2, 0.25) is 10.0 Å². The molecular weight excluding hydrogens is 517 g/mol. The van der Waals surface area contributed by atoms with E-state index in [2.05, 4.69) is 10.9 Å². The Kier molecular flexibility index (Phi) is 8.63. The lowest BCUT2D eigenvalue weighted by Gasteiger charge is -2.18. The molecule has 1 heterocycles. The zero-order chi connectivity index (χ0) is 26.4. The number of nitrogens with zero attached hydrogens (tertiary/aromatic N) is 1. The molecule has 3 aromatic carbocycles. The lowest BCUT2D eigenvalue weighted by atomic mass is 10.1. The maximum atomic E-state index is 12.8. The van der Waals surface area contributed by atoms with Crippen molar-refractivity contribution in [2.75, 3.05) is 30.6 Å². The molecule has 0 aromatic heterocycles. The minimum atomic E-state index is -0.484. The number of nitrogens with one attached hydrogen (secondary N) is 2. The van der Waals surface area contributed by atoms with Crippen molar-refractivity contribution >= 4 is 46.4 Å². The molecule has 0 unspecified atom stereocenters. The number of rotatable bonds is 10. The summed E-state index contributed by atoms with van der Waals surface area (Å²) in [7, 11) is 1.53. The average Bonchev–Trinajstić information content (AvgIpc) is 3.30. The molecule has 4 rings (SSSR count). The maximum absolute atomic E-state index is 12.8. The van der Waals surface area contributed by atoms with Crippen LogP contribution in [-0.4, -0.2) is 32.1 Å². The third-order valence-corrected chi connectivity index (χ3v) is 6.57. The van der Waals surface area contributed by atoms with Crippen LogP contribution in [0.4, 0.5) is 11.4 Å². The van der Waals surface area contributed by atoms with Gasteiger partial charge in [0.25, 0.3) is 0 Å². The highest BCUT2D eigenvalue weighted by atomic mass is 35.5. The first kappa shape index (κ1) is 26.4. The quantitative estimate of drug-likeness (QED) is 0.329. The van der Waals surface area contributed by atoms with Gasteiger partial charge in [-0.15, -0.1) is 0 Å². The average molecular weight is 544 g/mol. The van der Waals surface area contributed by atoms with E-state index in [4.69, 9.17) is 37.4 Å². The van der Waals surface area contributed by atoms with Crippen LogP contribution in [0.5, 0.6) is 17.2 Å². The van der Waals surface area contributed by atoms with Crippen molar-refractivity contribution in [3.8, 4) is 17.2 Å². The minimum absolute atomic E-state index is 0.102. The fourth-order valence-electron chi connectivity index (χ4n) is 3.91. The molecule has 0 saturated carbocycles. The monoisotopic (exact) mass is 543 g/mol. The lowest BCUT2D eigenvalue weighted by molar-refractivity contribution is -0.125. The van der Waals surface area contributed by atoms with Gasteiger partial charge in [-0.05, 0) is 61.0 Å². The Labute approximate surface area is 225 Å². The van der Waals surface area contributed by atoms with Crippen LogP contribution in [0.15, 0.2) is 60.7 Å². The molecule has 37 heavy (non-hydrogen) atoms. The zero-order valence-corrected chi connectivity index (χ0v) is 21.9. The van der Waals surface area contributed by atoms with Gasteiger partial charge < -0.3 is 19.1 Å². The van der Waals surface area contributed by atoms with E-state index in [1.54, 1.807) is 35.2 Å². The minimum Gasteiger partial charge on any atom is -0.494 e. The summed E-state index contributed by atoms with van der Waals surface area (Å²) in [6.07, 6.45) is 0.130. The zero-order valence-electron chi connectivity index (χ0n) is 20.4. The molecule has 0 aliphatic carbocycles. The van der Waals surface area contributed by atoms with Gasteiger partial charge in [0.1, 0.15) is 12.4 Å². The van der Waals surface area contributed by atoms with Crippen molar-refractivity contribution in [3.63, 3.8) is 0 Å². The number of hydrazine groups is 1. The van der Waals surface area contributed by atoms with Gasteiger partial charge in [-0.1, -0.05) is 29.3 Å². The van der Waals surface area contributed by atoms with E-state index in [0.717, 1.165) is 17.0 Å². The number of methoxy groups -OCH3 is 1. The molecule has 3 aromatic rings. The smallest absolute Gasteiger partial charge is 0.243 e. The van der Waals surface area contributed by atoms with Crippen LogP contribution in [0.1, 0.15) is 18.9 Å². The molecule has 10 heteroatoms. The van der Waals surface area contributed by atoms with Crippen molar-refractivity contribution < 1.29 is 23.8 Å². The molecule has 194 valence electrons. The molecule has 1 aliphatic rings. The van der Waals surface area contributed by atoms with Gasteiger partial charge in [0.15, 0.2) is 11.5 Å². The fraction of sp³-hybridized carbons (Fsp3) is 0.259.